The third-order valence-electron chi connectivity index (χ3n) is 2.59. The maximum Gasteiger partial charge on any atom is 0.158 e. The lowest BCUT2D eigenvalue weighted by atomic mass is 10.0. The second-order valence-electron chi connectivity index (χ2n) is 3.86. The molecule has 1 heterocycles. The van der Waals surface area contributed by atoms with Crippen LogP contribution in [0.25, 0.3) is 5.57 Å². The standard InChI is InChI=1S/C13H16N2S/c1-2-3-10-4-6-11(7-5-10)12-8-15-13(14)16-9-12/h4-8H,2-3,9H2,1H3,(H2,14,15). The lowest BCUT2D eigenvalue weighted by molar-refractivity contribution is 0.922. The molecule has 0 amide bonds. The molecule has 1 aromatic rings. The molecule has 2 rings (SSSR count). The van der Waals surface area contributed by atoms with Crippen LogP contribution in [0.15, 0.2) is 35.5 Å². The second-order valence-corrected chi connectivity index (χ2v) is 4.85. The molecule has 0 aromatic heterocycles. The Morgan fingerprint density at radius 2 is 2.06 bits per heavy atom. The van der Waals surface area contributed by atoms with Crippen molar-refractivity contribution in [3.8, 4) is 0 Å². The number of aliphatic imine (C=N–C) groups is 1. The van der Waals surface area contributed by atoms with Gasteiger partial charge in [0.25, 0.3) is 0 Å². The van der Waals surface area contributed by atoms with Gasteiger partial charge in [-0.3, -0.25) is 0 Å². The van der Waals surface area contributed by atoms with Crippen molar-refractivity contribution in [3.63, 3.8) is 0 Å². The quantitative estimate of drug-likeness (QED) is 0.870. The number of benzene rings is 1. The minimum absolute atomic E-state index is 0.659. The van der Waals surface area contributed by atoms with Gasteiger partial charge >= 0.3 is 0 Å². The lowest BCUT2D eigenvalue weighted by Gasteiger charge is -2.11. The van der Waals surface area contributed by atoms with Gasteiger partial charge in [0.15, 0.2) is 5.17 Å². The zero-order valence-electron chi connectivity index (χ0n) is 9.44. The van der Waals surface area contributed by atoms with Gasteiger partial charge in [-0.25, -0.2) is 4.99 Å². The summed E-state index contributed by atoms with van der Waals surface area (Å²) in [6, 6.07) is 8.75. The molecule has 2 nitrogen and oxygen atoms in total. The van der Waals surface area contributed by atoms with Crippen LogP contribution in [-0.4, -0.2) is 10.9 Å². The summed E-state index contributed by atoms with van der Waals surface area (Å²) in [5, 5.41) is 0.659. The molecule has 1 aliphatic heterocycles. The van der Waals surface area contributed by atoms with E-state index < -0.39 is 0 Å². The van der Waals surface area contributed by atoms with Gasteiger partial charge in [0.1, 0.15) is 0 Å². The smallest absolute Gasteiger partial charge is 0.158 e. The molecular weight excluding hydrogens is 216 g/mol. The molecule has 84 valence electrons. The van der Waals surface area contributed by atoms with Crippen LogP contribution in [-0.2, 0) is 6.42 Å². The molecule has 0 unspecified atom stereocenters. The van der Waals surface area contributed by atoms with Crippen molar-refractivity contribution < 1.29 is 0 Å². The number of aryl methyl sites for hydroxylation is 1. The first-order valence-corrected chi connectivity index (χ1v) is 6.52. The lowest BCUT2D eigenvalue weighted by Crippen LogP contribution is -2.10. The summed E-state index contributed by atoms with van der Waals surface area (Å²) in [6.45, 7) is 2.20. The third-order valence-corrected chi connectivity index (χ3v) is 3.44. The van der Waals surface area contributed by atoms with Gasteiger partial charge in [0.2, 0.25) is 0 Å². The molecule has 2 N–H and O–H groups in total. The molecule has 0 radical (unpaired) electrons. The van der Waals surface area contributed by atoms with Gasteiger partial charge in [0.05, 0.1) is 0 Å². The Balaban J connectivity index is 2.16. The van der Waals surface area contributed by atoms with Crippen molar-refractivity contribution in [3.05, 3.63) is 41.6 Å². The molecule has 3 heteroatoms. The third kappa shape index (κ3) is 2.67. The van der Waals surface area contributed by atoms with Gasteiger partial charge < -0.3 is 5.73 Å². The Labute approximate surface area is 101 Å². The van der Waals surface area contributed by atoms with Crippen LogP contribution in [0.4, 0.5) is 0 Å². The van der Waals surface area contributed by atoms with Crippen molar-refractivity contribution >= 4 is 22.5 Å². The van der Waals surface area contributed by atoms with Crippen molar-refractivity contribution in [2.24, 2.45) is 10.7 Å². The number of nitrogens with zero attached hydrogens (tertiary/aromatic N) is 1. The number of rotatable bonds is 3. The van der Waals surface area contributed by atoms with Crippen LogP contribution in [0, 0.1) is 0 Å². The van der Waals surface area contributed by atoms with Gasteiger partial charge in [-0.05, 0) is 23.1 Å². The van der Waals surface area contributed by atoms with E-state index in [0.717, 1.165) is 12.2 Å². The first-order valence-electron chi connectivity index (χ1n) is 5.54. The van der Waals surface area contributed by atoms with E-state index in [1.54, 1.807) is 11.8 Å². The van der Waals surface area contributed by atoms with E-state index in [1.165, 1.54) is 23.1 Å². The van der Waals surface area contributed by atoms with Gasteiger partial charge in [-0.15, -0.1) is 0 Å². The first kappa shape index (κ1) is 11.3. The molecule has 0 saturated heterocycles. The summed E-state index contributed by atoms with van der Waals surface area (Å²) in [7, 11) is 0. The Kier molecular flexibility index (Phi) is 3.67. The van der Waals surface area contributed by atoms with Crippen molar-refractivity contribution in [2.45, 2.75) is 19.8 Å². The summed E-state index contributed by atoms with van der Waals surface area (Å²) in [4.78, 5) is 4.14. The Hall–Kier alpha value is -1.22. The highest BCUT2D eigenvalue weighted by Gasteiger charge is 2.07. The van der Waals surface area contributed by atoms with E-state index in [4.69, 9.17) is 5.73 Å². The molecule has 0 fully saturated rings. The molecule has 1 aliphatic rings. The van der Waals surface area contributed by atoms with Crippen molar-refractivity contribution in [1.82, 2.24) is 0 Å². The van der Waals surface area contributed by atoms with E-state index in [1.807, 2.05) is 6.20 Å². The molecule has 1 aromatic carbocycles. The van der Waals surface area contributed by atoms with Crippen LogP contribution < -0.4 is 5.73 Å². The highest BCUT2D eigenvalue weighted by atomic mass is 32.2. The Morgan fingerprint density at radius 3 is 2.62 bits per heavy atom. The van der Waals surface area contributed by atoms with Crippen molar-refractivity contribution in [1.29, 1.82) is 0 Å². The van der Waals surface area contributed by atoms with E-state index >= 15 is 0 Å². The van der Waals surface area contributed by atoms with Gasteiger partial charge in [-0.1, -0.05) is 49.4 Å². The van der Waals surface area contributed by atoms with Crippen LogP contribution in [0.1, 0.15) is 24.5 Å². The van der Waals surface area contributed by atoms with Crippen LogP contribution in [0.3, 0.4) is 0 Å². The van der Waals surface area contributed by atoms with Crippen LogP contribution >= 0.6 is 11.8 Å². The summed E-state index contributed by atoms with van der Waals surface area (Å²) in [5.41, 5.74) is 9.51. The van der Waals surface area contributed by atoms with E-state index in [2.05, 4.69) is 36.2 Å². The summed E-state index contributed by atoms with van der Waals surface area (Å²) in [6.07, 6.45) is 4.22. The molecule has 16 heavy (non-hydrogen) atoms. The Bertz CT molecular complexity index is 418. The fraction of sp³-hybridized carbons (Fsp3) is 0.308. The number of amidine groups is 1. The molecule has 0 aliphatic carbocycles. The average Bonchev–Trinajstić information content (AvgIpc) is 2.32. The molecule has 0 bridgehead atoms. The highest BCUT2D eigenvalue weighted by molar-refractivity contribution is 8.14. The summed E-state index contributed by atoms with van der Waals surface area (Å²) in [5.74, 6) is 0.919. The molecule has 0 spiro atoms. The minimum atomic E-state index is 0.659. The van der Waals surface area contributed by atoms with E-state index in [0.29, 0.717) is 5.17 Å². The average molecular weight is 232 g/mol. The predicted octanol–water partition coefficient (Wildman–Crippen LogP) is 3.04. The largest absolute Gasteiger partial charge is 0.378 e. The fourth-order valence-electron chi connectivity index (χ4n) is 1.70. The predicted molar refractivity (Wildman–Crippen MR) is 72.5 cm³/mol. The normalized spacial score (nSPS) is 15.6. The maximum absolute atomic E-state index is 5.61. The first-order chi connectivity index (χ1) is 7.79. The topological polar surface area (TPSA) is 38.4 Å². The van der Waals surface area contributed by atoms with Crippen molar-refractivity contribution in [2.75, 3.05) is 5.75 Å². The fourth-order valence-corrected chi connectivity index (χ4v) is 2.37. The second kappa shape index (κ2) is 5.21. The van der Waals surface area contributed by atoms with Gasteiger partial charge in [0, 0.05) is 12.0 Å². The van der Waals surface area contributed by atoms with Crippen LogP contribution in [0.5, 0.6) is 0 Å². The number of nitrogens with two attached hydrogens (primary N) is 1. The molecule has 0 atom stereocenters. The number of hydrogen-bond acceptors (Lipinski definition) is 3. The minimum Gasteiger partial charge on any atom is -0.378 e. The number of thioether (sulfide) groups is 1. The maximum atomic E-state index is 5.61. The van der Waals surface area contributed by atoms with E-state index in [-0.39, 0.29) is 0 Å². The molecular formula is C13H16N2S. The number of hydrogen-bond donors (Lipinski definition) is 1. The monoisotopic (exact) mass is 232 g/mol. The highest BCUT2D eigenvalue weighted by Crippen LogP contribution is 2.23. The molecule has 0 saturated carbocycles. The SMILES string of the molecule is CCCc1ccc(C2=CN=C(N)SC2)cc1. The summed E-state index contributed by atoms with van der Waals surface area (Å²) >= 11 is 1.59. The Morgan fingerprint density at radius 1 is 1.31 bits per heavy atom. The van der Waals surface area contributed by atoms with Crippen LogP contribution in [0.2, 0.25) is 0 Å². The zero-order chi connectivity index (χ0) is 11.4. The van der Waals surface area contributed by atoms with Gasteiger partial charge in [-0.2, -0.15) is 0 Å². The summed E-state index contributed by atoms with van der Waals surface area (Å²) < 4.78 is 0. The zero-order valence-corrected chi connectivity index (χ0v) is 10.3. The van der Waals surface area contributed by atoms with E-state index in [9.17, 15) is 0 Å².